The molecule has 0 radical (unpaired) electrons. The maximum Gasteiger partial charge on any atom is 0.0433 e. The Hall–Kier alpha value is -0.340. The predicted octanol–water partition coefficient (Wildman–Crippen LogP) is 0.664. The van der Waals surface area contributed by atoms with Crippen molar-refractivity contribution in [2.45, 2.75) is 19.3 Å². The van der Waals surface area contributed by atoms with E-state index in [0.29, 0.717) is 0 Å². The fraction of sp³-hybridized carbons (Fsp3) is 0.714. The summed E-state index contributed by atoms with van der Waals surface area (Å²) in [5, 5.41) is 8.36. The lowest BCUT2D eigenvalue weighted by atomic mass is 10.3. The van der Waals surface area contributed by atoms with E-state index in [2.05, 4.69) is 12.2 Å². The van der Waals surface area contributed by atoms with Crippen LogP contribution in [0.1, 0.15) is 19.3 Å². The zero-order valence-electron chi connectivity index (χ0n) is 5.71. The molecule has 9 heavy (non-hydrogen) atoms. The lowest BCUT2D eigenvalue weighted by Gasteiger charge is -1.87. The number of hydrogen-bond donors (Lipinski definition) is 2. The van der Waals surface area contributed by atoms with E-state index < -0.39 is 0 Å². The van der Waals surface area contributed by atoms with Gasteiger partial charge in [-0.3, -0.25) is 0 Å². The minimum Gasteiger partial charge on any atom is -0.396 e. The third-order valence-electron chi connectivity index (χ3n) is 1.03. The van der Waals surface area contributed by atoms with Gasteiger partial charge in [0.25, 0.3) is 0 Å². The molecule has 2 heteroatoms. The van der Waals surface area contributed by atoms with Crippen molar-refractivity contribution < 1.29 is 5.11 Å². The van der Waals surface area contributed by atoms with Crippen molar-refractivity contribution >= 4 is 0 Å². The standard InChI is InChI=1S/C7H15NO/c8-6-4-2-1-3-5-7-9/h1-2,9H,3-8H2/b2-1-. The van der Waals surface area contributed by atoms with Crippen molar-refractivity contribution in [2.24, 2.45) is 5.73 Å². The molecule has 0 aliphatic heterocycles. The van der Waals surface area contributed by atoms with Crippen LogP contribution >= 0.6 is 0 Å². The number of hydrogen-bond acceptors (Lipinski definition) is 2. The highest BCUT2D eigenvalue weighted by Crippen LogP contribution is 1.89. The van der Waals surface area contributed by atoms with Crippen LogP contribution in [0.5, 0.6) is 0 Å². The van der Waals surface area contributed by atoms with E-state index >= 15 is 0 Å². The molecule has 0 unspecified atom stereocenters. The van der Waals surface area contributed by atoms with Crippen molar-refractivity contribution in [1.82, 2.24) is 0 Å². The first-order valence-corrected chi connectivity index (χ1v) is 3.37. The minimum absolute atomic E-state index is 0.285. The molecule has 54 valence electrons. The Bertz CT molecular complexity index is 71.3. The summed E-state index contributed by atoms with van der Waals surface area (Å²) in [4.78, 5) is 0. The summed E-state index contributed by atoms with van der Waals surface area (Å²) in [5.41, 5.74) is 5.24. The van der Waals surface area contributed by atoms with Crippen LogP contribution in [0.3, 0.4) is 0 Å². The summed E-state index contributed by atoms with van der Waals surface area (Å²) in [6, 6.07) is 0. The third-order valence-corrected chi connectivity index (χ3v) is 1.03. The number of rotatable bonds is 5. The summed E-state index contributed by atoms with van der Waals surface area (Å²) < 4.78 is 0. The lowest BCUT2D eigenvalue weighted by Crippen LogP contribution is -1.95. The van der Waals surface area contributed by atoms with Gasteiger partial charge in [-0.25, -0.2) is 0 Å². The molecule has 0 aliphatic carbocycles. The molecule has 0 rings (SSSR count). The topological polar surface area (TPSA) is 46.2 Å². The van der Waals surface area contributed by atoms with Crippen LogP contribution in [-0.2, 0) is 0 Å². The minimum atomic E-state index is 0.285. The van der Waals surface area contributed by atoms with Crippen molar-refractivity contribution in [3.05, 3.63) is 12.2 Å². The second-order valence-corrected chi connectivity index (χ2v) is 1.91. The van der Waals surface area contributed by atoms with Gasteiger partial charge in [-0.1, -0.05) is 12.2 Å². The van der Waals surface area contributed by atoms with Crippen LogP contribution in [0.4, 0.5) is 0 Å². The van der Waals surface area contributed by atoms with Crippen LogP contribution in [0.15, 0.2) is 12.2 Å². The van der Waals surface area contributed by atoms with E-state index in [4.69, 9.17) is 10.8 Å². The summed E-state index contributed by atoms with van der Waals surface area (Å²) in [7, 11) is 0. The molecule has 0 aliphatic rings. The number of nitrogens with two attached hydrogens (primary N) is 1. The molecule has 0 saturated heterocycles. The molecular weight excluding hydrogens is 114 g/mol. The number of aliphatic hydroxyl groups is 1. The fourth-order valence-corrected chi connectivity index (χ4v) is 0.541. The van der Waals surface area contributed by atoms with Gasteiger partial charge in [0.1, 0.15) is 0 Å². The van der Waals surface area contributed by atoms with Gasteiger partial charge >= 0.3 is 0 Å². The number of aliphatic hydroxyl groups excluding tert-OH is 1. The highest BCUT2D eigenvalue weighted by molar-refractivity contribution is 4.81. The second-order valence-electron chi connectivity index (χ2n) is 1.91. The Balaban J connectivity index is 2.86. The first-order chi connectivity index (χ1) is 4.41. The Morgan fingerprint density at radius 2 is 1.89 bits per heavy atom. The van der Waals surface area contributed by atoms with Gasteiger partial charge in [-0.05, 0) is 25.8 Å². The van der Waals surface area contributed by atoms with Gasteiger partial charge in [-0.15, -0.1) is 0 Å². The Morgan fingerprint density at radius 1 is 1.22 bits per heavy atom. The summed E-state index contributed by atoms with van der Waals surface area (Å²) in [6.07, 6.45) is 6.89. The molecule has 0 bridgehead atoms. The van der Waals surface area contributed by atoms with E-state index in [1.165, 1.54) is 0 Å². The van der Waals surface area contributed by atoms with Gasteiger partial charge in [0.2, 0.25) is 0 Å². The van der Waals surface area contributed by atoms with Gasteiger partial charge < -0.3 is 10.8 Å². The monoisotopic (exact) mass is 129 g/mol. The fourth-order valence-electron chi connectivity index (χ4n) is 0.541. The van der Waals surface area contributed by atoms with Gasteiger partial charge in [-0.2, -0.15) is 0 Å². The zero-order valence-corrected chi connectivity index (χ0v) is 5.71. The van der Waals surface area contributed by atoms with Gasteiger partial charge in [0.15, 0.2) is 0 Å². The van der Waals surface area contributed by atoms with Gasteiger partial charge in [0.05, 0.1) is 0 Å². The Morgan fingerprint density at radius 3 is 2.44 bits per heavy atom. The second kappa shape index (κ2) is 7.66. The third kappa shape index (κ3) is 7.66. The van der Waals surface area contributed by atoms with Crippen LogP contribution in [0.25, 0.3) is 0 Å². The molecule has 0 heterocycles. The predicted molar refractivity (Wildman–Crippen MR) is 39.1 cm³/mol. The van der Waals surface area contributed by atoms with Crippen LogP contribution < -0.4 is 5.73 Å². The lowest BCUT2D eigenvalue weighted by molar-refractivity contribution is 0.289. The average Bonchev–Trinajstić information content (AvgIpc) is 1.89. The highest BCUT2D eigenvalue weighted by atomic mass is 16.2. The van der Waals surface area contributed by atoms with Crippen LogP contribution in [0, 0.1) is 0 Å². The highest BCUT2D eigenvalue weighted by Gasteiger charge is 1.77. The quantitative estimate of drug-likeness (QED) is 0.423. The molecule has 0 fully saturated rings. The summed E-state index contributed by atoms with van der Waals surface area (Å²) >= 11 is 0. The van der Waals surface area contributed by atoms with E-state index in [1.54, 1.807) is 0 Å². The van der Waals surface area contributed by atoms with Crippen molar-refractivity contribution in [3.63, 3.8) is 0 Å². The van der Waals surface area contributed by atoms with Crippen LogP contribution in [-0.4, -0.2) is 18.3 Å². The maximum atomic E-state index is 8.36. The van der Waals surface area contributed by atoms with E-state index in [-0.39, 0.29) is 6.61 Å². The largest absolute Gasteiger partial charge is 0.396 e. The molecule has 3 N–H and O–H groups in total. The average molecular weight is 129 g/mol. The molecule has 0 amide bonds. The van der Waals surface area contributed by atoms with Crippen LogP contribution in [0.2, 0.25) is 0 Å². The molecule has 0 atom stereocenters. The number of allylic oxidation sites excluding steroid dienone is 1. The molecule has 0 spiro atoms. The molecule has 2 nitrogen and oxygen atoms in total. The summed E-state index contributed by atoms with van der Waals surface area (Å²) in [6.45, 7) is 1.00. The molecular formula is C7H15NO. The molecule has 0 aromatic heterocycles. The molecule has 0 aromatic rings. The molecule has 0 saturated carbocycles. The first kappa shape index (κ1) is 8.66. The first-order valence-electron chi connectivity index (χ1n) is 3.37. The normalized spacial score (nSPS) is 10.9. The maximum absolute atomic E-state index is 8.36. The van der Waals surface area contributed by atoms with E-state index in [9.17, 15) is 0 Å². The van der Waals surface area contributed by atoms with E-state index in [0.717, 1.165) is 25.8 Å². The van der Waals surface area contributed by atoms with Gasteiger partial charge in [0, 0.05) is 6.61 Å². The Kier molecular flexibility index (Phi) is 7.37. The van der Waals surface area contributed by atoms with Crippen molar-refractivity contribution in [3.8, 4) is 0 Å². The van der Waals surface area contributed by atoms with Crippen molar-refractivity contribution in [2.75, 3.05) is 13.2 Å². The number of unbranched alkanes of at least 4 members (excludes halogenated alkanes) is 1. The molecule has 0 aromatic carbocycles. The zero-order chi connectivity index (χ0) is 6.95. The van der Waals surface area contributed by atoms with E-state index in [1.807, 2.05) is 0 Å². The summed E-state index contributed by atoms with van der Waals surface area (Å²) in [5.74, 6) is 0. The van der Waals surface area contributed by atoms with Crippen molar-refractivity contribution in [1.29, 1.82) is 0 Å². The SMILES string of the molecule is NCC/C=C\CCCO. The Labute approximate surface area is 56.4 Å². The smallest absolute Gasteiger partial charge is 0.0433 e.